The van der Waals surface area contributed by atoms with Crippen molar-refractivity contribution in [3.8, 4) is 17.2 Å². The van der Waals surface area contributed by atoms with Crippen LogP contribution in [0.1, 0.15) is 67.3 Å². The van der Waals surface area contributed by atoms with Crippen molar-refractivity contribution in [1.29, 1.82) is 0 Å². The first-order valence-electron chi connectivity index (χ1n) is 15.7. The van der Waals surface area contributed by atoms with E-state index < -0.39 is 8.69 Å². The van der Waals surface area contributed by atoms with Gasteiger partial charge in [-0.3, -0.25) is 14.4 Å². The number of unbranched alkanes of at least 4 members (excludes halogenated alkanes) is 2. The zero-order valence-electron chi connectivity index (χ0n) is 26.5. The lowest BCUT2D eigenvalue weighted by molar-refractivity contribution is -0.142. The highest BCUT2D eigenvalue weighted by Gasteiger charge is 2.35. The maximum Gasteiger partial charge on any atom is 0.395 e. The number of halogens is 1. The number of anilines is 2. The van der Waals surface area contributed by atoms with Gasteiger partial charge in [0.05, 0.1) is 31.0 Å². The molecule has 0 spiro atoms. The minimum absolute atomic E-state index is 0.0107. The highest BCUT2D eigenvalue weighted by Crippen LogP contribution is 2.46. The largest absolute Gasteiger partial charge is 0.493 e. The molecule has 0 bridgehead atoms. The Morgan fingerprint density at radius 2 is 1.83 bits per heavy atom. The molecule has 2 amide bonds. The van der Waals surface area contributed by atoms with Gasteiger partial charge < -0.3 is 34.3 Å². The summed E-state index contributed by atoms with van der Waals surface area (Å²) in [4.78, 5) is 41.4. The zero-order valence-corrected chi connectivity index (χ0v) is 28.2. The number of methoxy groups -OCH3 is 1. The van der Waals surface area contributed by atoms with Crippen LogP contribution in [0, 0.1) is 0 Å². The number of hydrogen-bond acceptors (Lipinski definition) is 9. The molecule has 47 heavy (non-hydrogen) atoms. The Morgan fingerprint density at radius 3 is 2.55 bits per heavy atom. The smallest absolute Gasteiger partial charge is 0.395 e. The molecule has 2 heterocycles. The molecule has 11 nitrogen and oxygen atoms in total. The number of fused-ring (bicyclic) bond motifs is 3. The Bertz CT molecular complexity index is 1650. The molecule has 3 aromatic carbocycles. The molecule has 0 saturated carbocycles. The Kier molecular flexibility index (Phi) is 11.4. The molecule has 5 rings (SSSR count). The predicted molar refractivity (Wildman–Crippen MR) is 180 cm³/mol. The lowest BCUT2D eigenvalue weighted by Crippen LogP contribution is -2.39. The Hall–Kier alpha value is -4.08. The van der Waals surface area contributed by atoms with E-state index in [0.29, 0.717) is 67.7 Å². The third-order valence-corrected chi connectivity index (χ3v) is 9.37. The Morgan fingerprint density at radius 1 is 1.04 bits per heavy atom. The van der Waals surface area contributed by atoms with Crippen molar-refractivity contribution in [3.05, 3.63) is 53.6 Å². The van der Waals surface area contributed by atoms with E-state index in [0.717, 1.165) is 41.3 Å². The molecule has 1 fully saturated rings. The fourth-order valence-electron chi connectivity index (χ4n) is 6.44. The van der Waals surface area contributed by atoms with E-state index in [1.54, 1.807) is 28.0 Å². The summed E-state index contributed by atoms with van der Waals surface area (Å²) in [5.41, 5.74) is 8.63. The minimum Gasteiger partial charge on any atom is -0.493 e. The van der Waals surface area contributed by atoms with E-state index >= 15 is 0 Å². The fourth-order valence-corrected chi connectivity index (χ4v) is 6.92. The van der Waals surface area contributed by atoms with Crippen LogP contribution >= 0.6 is 20.3 Å². The molecule has 0 unspecified atom stereocenters. The van der Waals surface area contributed by atoms with Gasteiger partial charge in [0.2, 0.25) is 5.91 Å². The molecule has 3 aromatic rings. The molecule has 0 aromatic heterocycles. The summed E-state index contributed by atoms with van der Waals surface area (Å²) in [7, 11) is 1.04. The van der Waals surface area contributed by atoms with Crippen LogP contribution in [0.2, 0.25) is 0 Å². The number of esters is 1. The number of carbonyl (C=O) groups is 3. The molecule has 2 aliphatic rings. The molecular weight excluding hydrogens is 645 g/mol. The summed E-state index contributed by atoms with van der Waals surface area (Å²) < 4.78 is 33.3. The van der Waals surface area contributed by atoms with E-state index in [4.69, 9.17) is 36.1 Å². The summed E-state index contributed by atoms with van der Waals surface area (Å²) in [6.07, 6.45) is 4.01. The van der Waals surface area contributed by atoms with Gasteiger partial charge in [0.1, 0.15) is 12.4 Å². The highest BCUT2D eigenvalue weighted by atomic mass is 35.5. The summed E-state index contributed by atoms with van der Waals surface area (Å²) in [5, 5.41) is 1.77. The topological polar surface area (TPSA) is 138 Å². The van der Waals surface area contributed by atoms with Crippen molar-refractivity contribution in [1.82, 2.24) is 4.90 Å². The predicted octanol–water partition coefficient (Wildman–Crippen LogP) is 6.49. The molecular formula is C34H39ClN3O8P. The summed E-state index contributed by atoms with van der Waals surface area (Å²) in [6, 6.07) is 12.5. The van der Waals surface area contributed by atoms with Crippen LogP contribution in [0.5, 0.6) is 17.2 Å². The number of amides is 2. The number of nitrogen functional groups attached to an aromatic ring is 1. The number of nitrogens with zero attached hydrogens (tertiary/aromatic N) is 2. The number of rotatable bonds is 14. The summed E-state index contributed by atoms with van der Waals surface area (Å²) >= 11 is 6.35. The van der Waals surface area contributed by atoms with Gasteiger partial charge in [0, 0.05) is 61.4 Å². The molecule has 0 aliphatic carbocycles. The zero-order chi connectivity index (χ0) is 33.5. The quantitative estimate of drug-likeness (QED) is 0.0664. The molecule has 1 saturated heterocycles. The first-order chi connectivity index (χ1) is 22.8. The summed E-state index contributed by atoms with van der Waals surface area (Å²) in [5.74, 6) is 0.989. The van der Waals surface area contributed by atoms with Gasteiger partial charge in [0.25, 0.3) is 5.91 Å². The van der Waals surface area contributed by atoms with Crippen LogP contribution < -0.4 is 24.6 Å². The Labute approximate surface area is 280 Å². The van der Waals surface area contributed by atoms with Gasteiger partial charge in [-0.1, -0.05) is 24.3 Å². The summed E-state index contributed by atoms with van der Waals surface area (Å²) in [6.45, 7) is 2.90. The number of carbonyl (C=O) groups excluding carboxylic acids is 3. The van der Waals surface area contributed by atoms with Gasteiger partial charge >= 0.3 is 14.7 Å². The highest BCUT2D eigenvalue weighted by molar-refractivity contribution is 7.17. The lowest BCUT2D eigenvalue weighted by atomic mass is 9.95. The van der Waals surface area contributed by atoms with Crippen LogP contribution in [-0.2, 0) is 18.9 Å². The first-order valence-corrected chi connectivity index (χ1v) is 17.0. The third kappa shape index (κ3) is 7.57. The van der Waals surface area contributed by atoms with Crippen molar-refractivity contribution in [2.45, 2.75) is 57.4 Å². The number of alkyl halides is 1. The number of hydrogen-bond donors (Lipinski definition) is 1. The first kappa shape index (κ1) is 34.3. The van der Waals surface area contributed by atoms with Crippen LogP contribution in [0.25, 0.3) is 10.8 Å². The van der Waals surface area contributed by atoms with Crippen molar-refractivity contribution in [2.24, 2.45) is 0 Å². The van der Waals surface area contributed by atoms with Gasteiger partial charge in [-0.2, -0.15) is 0 Å². The monoisotopic (exact) mass is 683 g/mol. The number of benzene rings is 3. The van der Waals surface area contributed by atoms with Crippen LogP contribution in [-0.4, -0.2) is 68.0 Å². The Balaban J connectivity index is 1.15. The van der Waals surface area contributed by atoms with E-state index in [2.05, 4.69) is 0 Å². The maximum absolute atomic E-state index is 13.4. The fraction of sp³-hybridized carbons (Fsp3) is 0.441. The van der Waals surface area contributed by atoms with E-state index in [-0.39, 0.29) is 42.0 Å². The third-order valence-electron chi connectivity index (χ3n) is 8.73. The molecule has 250 valence electrons. The van der Waals surface area contributed by atoms with Crippen LogP contribution in [0.4, 0.5) is 11.4 Å². The SMILES string of the molecule is COc1cc(C(=O)N2CCC[C@H]2COC(C)=O)c(N)cc1OCCCCCC(=O)N1C[C@@H](CCl)c2c1cc(OP=O)c1ccccc21. The average Bonchev–Trinajstić information content (AvgIpc) is 3.70. The van der Waals surface area contributed by atoms with E-state index in [9.17, 15) is 18.9 Å². The van der Waals surface area contributed by atoms with Gasteiger partial charge in [0.15, 0.2) is 11.5 Å². The second-order valence-electron chi connectivity index (χ2n) is 11.7. The lowest BCUT2D eigenvalue weighted by Gasteiger charge is -2.25. The number of ether oxygens (including phenoxy) is 3. The minimum atomic E-state index is -0.466. The van der Waals surface area contributed by atoms with Gasteiger partial charge in [-0.15, -0.1) is 11.6 Å². The second kappa shape index (κ2) is 15.7. The second-order valence-corrected chi connectivity index (χ2v) is 12.4. The van der Waals surface area contributed by atoms with Crippen molar-refractivity contribution in [3.63, 3.8) is 0 Å². The normalized spacial score (nSPS) is 17.2. The standard InChI is InChI=1S/C34H39ClN3O8P/c1-21(39)45-20-23-9-8-13-37(23)34(41)26-15-30(43-2)31(16-27(26)36)44-14-7-3-4-12-32(40)38-19-22(18-35)33-25-11-6-5-10-24(25)29(46-47-42)17-28(33)38/h5-6,10-11,15-17,22-23H,3-4,7-9,12-14,18-20,36H2,1-2H3/t22-,23+/m1/s1. The molecule has 2 aliphatic heterocycles. The van der Waals surface area contributed by atoms with Crippen molar-refractivity contribution in [2.75, 3.05) is 49.9 Å². The van der Waals surface area contributed by atoms with Gasteiger partial charge in [-0.25, -0.2) is 4.57 Å². The van der Waals surface area contributed by atoms with Crippen molar-refractivity contribution < 1.29 is 37.7 Å². The molecule has 2 atom stereocenters. The van der Waals surface area contributed by atoms with Crippen LogP contribution in [0.15, 0.2) is 42.5 Å². The van der Waals surface area contributed by atoms with Gasteiger partial charge in [-0.05, 0) is 49.1 Å². The van der Waals surface area contributed by atoms with Crippen molar-refractivity contribution >= 4 is 60.2 Å². The molecule has 13 heteroatoms. The maximum atomic E-state index is 13.4. The molecule has 0 radical (unpaired) electrons. The van der Waals surface area contributed by atoms with E-state index in [1.165, 1.54) is 14.0 Å². The van der Waals surface area contributed by atoms with Crippen LogP contribution in [0.3, 0.4) is 0 Å². The number of nitrogens with two attached hydrogens (primary N) is 1. The average molecular weight is 684 g/mol. The van der Waals surface area contributed by atoms with E-state index in [1.807, 2.05) is 24.3 Å². The number of likely N-dealkylation sites (tertiary alicyclic amines) is 1. The molecule has 2 N–H and O–H groups in total.